The zero-order valence-corrected chi connectivity index (χ0v) is 8.51. The average Bonchev–Trinajstić information content (AvgIpc) is 2.47. The minimum atomic E-state index is 0.234. The van der Waals surface area contributed by atoms with Crippen LogP contribution in [0.3, 0.4) is 0 Å². The molecule has 0 spiro atoms. The normalized spacial score (nSPS) is 19.3. The van der Waals surface area contributed by atoms with Gasteiger partial charge in [-0.05, 0) is 11.1 Å². The lowest BCUT2D eigenvalue weighted by Crippen LogP contribution is -1.88. The molecule has 1 fully saturated rings. The van der Waals surface area contributed by atoms with Crippen LogP contribution in [0.5, 0.6) is 0 Å². The molecule has 0 bridgehead atoms. The van der Waals surface area contributed by atoms with E-state index >= 15 is 0 Å². The molecule has 1 aliphatic carbocycles. The summed E-state index contributed by atoms with van der Waals surface area (Å²) < 4.78 is 0. The summed E-state index contributed by atoms with van der Waals surface area (Å²) in [4.78, 5) is 11.9. The Balaban J connectivity index is 2.28. The fourth-order valence-electron chi connectivity index (χ4n) is 1.55. The van der Waals surface area contributed by atoms with Gasteiger partial charge in [-0.15, -0.1) is 0 Å². The maximum absolute atomic E-state index is 11.1. The smallest absolute Gasteiger partial charge is 0.142 e. The van der Waals surface area contributed by atoms with Crippen molar-refractivity contribution in [3.63, 3.8) is 0 Å². The molecule has 70 valence electrons. The van der Waals surface area contributed by atoms with E-state index in [1.807, 2.05) is 36.4 Å². The largest absolute Gasteiger partial charge is 0.299 e. The predicted molar refractivity (Wildman–Crippen MR) is 61.3 cm³/mol. The number of benzene rings is 1. The van der Waals surface area contributed by atoms with Crippen molar-refractivity contribution in [3.05, 3.63) is 41.5 Å². The Morgan fingerprint density at radius 3 is 2.43 bits per heavy atom. The lowest BCUT2D eigenvalue weighted by atomic mass is 10.1. The van der Waals surface area contributed by atoms with Gasteiger partial charge in [0.2, 0.25) is 0 Å². The highest BCUT2D eigenvalue weighted by atomic mass is 32.1. The van der Waals surface area contributed by atoms with Crippen molar-refractivity contribution in [1.82, 2.24) is 0 Å². The van der Waals surface area contributed by atoms with Crippen molar-refractivity contribution < 1.29 is 4.79 Å². The second-order valence-electron chi connectivity index (χ2n) is 3.40. The van der Waals surface area contributed by atoms with E-state index in [1.165, 1.54) is 0 Å². The van der Waals surface area contributed by atoms with Gasteiger partial charge in [0.15, 0.2) is 0 Å². The molecule has 2 heteroatoms. The maximum atomic E-state index is 11.1. The average molecular weight is 202 g/mol. The third-order valence-electron chi connectivity index (χ3n) is 2.24. The van der Waals surface area contributed by atoms with Crippen molar-refractivity contribution >= 4 is 28.9 Å². The number of carbonyl (C=O) groups excluding carboxylic acids is 1. The Kier molecular flexibility index (Phi) is 2.55. The van der Waals surface area contributed by atoms with Crippen LogP contribution in [0.2, 0.25) is 0 Å². The molecule has 0 saturated heterocycles. The molecule has 2 rings (SSSR count). The number of Topliss-reactive ketones (excluding diaryl/α,β-unsaturated/α-hetero) is 1. The lowest BCUT2D eigenvalue weighted by molar-refractivity contribution is -0.116. The maximum Gasteiger partial charge on any atom is 0.142 e. The number of hydrogen-bond acceptors (Lipinski definition) is 2. The van der Waals surface area contributed by atoms with Crippen molar-refractivity contribution in [3.8, 4) is 0 Å². The van der Waals surface area contributed by atoms with Crippen molar-refractivity contribution in [2.75, 3.05) is 0 Å². The second kappa shape index (κ2) is 3.84. The van der Waals surface area contributed by atoms with E-state index in [2.05, 4.69) is 0 Å². The summed E-state index contributed by atoms with van der Waals surface area (Å²) >= 11 is 5.13. The minimum absolute atomic E-state index is 0.234. The van der Waals surface area contributed by atoms with Gasteiger partial charge in [-0.1, -0.05) is 48.6 Å². The first kappa shape index (κ1) is 9.28. The van der Waals surface area contributed by atoms with Crippen LogP contribution >= 0.6 is 12.2 Å². The summed E-state index contributed by atoms with van der Waals surface area (Å²) in [6, 6.07) is 9.95. The minimum Gasteiger partial charge on any atom is -0.299 e. The fraction of sp³-hybridized carbons (Fsp3) is 0.167. The summed E-state index contributed by atoms with van der Waals surface area (Å²) in [7, 11) is 0. The highest BCUT2D eigenvalue weighted by molar-refractivity contribution is 7.81. The Bertz CT molecular complexity index is 404. The zero-order chi connectivity index (χ0) is 9.97. The Morgan fingerprint density at radius 1 is 1.14 bits per heavy atom. The van der Waals surface area contributed by atoms with Gasteiger partial charge in [-0.3, -0.25) is 4.79 Å². The van der Waals surface area contributed by atoms with Gasteiger partial charge < -0.3 is 0 Å². The second-order valence-corrected chi connectivity index (χ2v) is 3.89. The van der Waals surface area contributed by atoms with Gasteiger partial charge in [0.05, 0.1) is 0 Å². The number of rotatable bonds is 1. The van der Waals surface area contributed by atoms with Crippen LogP contribution in [-0.4, -0.2) is 10.6 Å². The summed E-state index contributed by atoms with van der Waals surface area (Å²) in [5.74, 6) is 0.234. The molecule has 0 radical (unpaired) electrons. The van der Waals surface area contributed by atoms with Crippen LogP contribution in [-0.2, 0) is 4.79 Å². The van der Waals surface area contributed by atoms with Crippen molar-refractivity contribution in [1.29, 1.82) is 0 Å². The number of allylic oxidation sites excluding steroid dienone is 1. The Morgan fingerprint density at radius 2 is 1.86 bits per heavy atom. The van der Waals surface area contributed by atoms with Gasteiger partial charge in [0.1, 0.15) is 5.78 Å². The van der Waals surface area contributed by atoms with E-state index in [9.17, 15) is 4.79 Å². The molecular weight excluding hydrogens is 192 g/mol. The van der Waals surface area contributed by atoms with E-state index in [-0.39, 0.29) is 5.78 Å². The molecule has 1 aromatic carbocycles. The molecule has 0 unspecified atom stereocenters. The molecule has 0 aliphatic heterocycles. The number of carbonyl (C=O) groups is 1. The zero-order valence-electron chi connectivity index (χ0n) is 7.69. The predicted octanol–water partition coefficient (Wildman–Crippen LogP) is 2.80. The van der Waals surface area contributed by atoms with Crippen molar-refractivity contribution in [2.45, 2.75) is 12.8 Å². The Labute approximate surface area is 88.4 Å². The molecule has 0 heterocycles. The number of thiocarbonyl (C=S) groups is 1. The van der Waals surface area contributed by atoms with Gasteiger partial charge in [0.25, 0.3) is 0 Å². The van der Waals surface area contributed by atoms with E-state index in [4.69, 9.17) is 12.2 Å². The van der Waals surface area contributed by atoms with Crippen LogP contribution in [0.25, 0.3) is 6.08 Å². The third kappa shape index (κ3) is 1.96. The summed E-state index contributed by atoms with van der Waals surface area (Å²) in [6.45, 7) is 0. The molecule has 0 aromatic heterocycles. The fourth-order valence-corrected chi connectivity index (χ4v) is 1.84. The Hall–Kier alpha value is -1.28. The number of hydrogen-bond donors (Lipinski definition) is 0. The van der Waals surface area contributed by atoms with Gasteiger partial charge in [-0.25, -0.2) is 0 Å². The van der Waals surface area contributed by atoms with Crippen LogP contribution in [0.4, 0.5) is 0 Å². The molecular formula is C12H10OS. The summed E-state index contributed by atoms with van der Waals surface area (Å²) in [5.41, 5.74) is 2.12. The van der Waals surface area contributed by atoms with E-state index in [0.717, 1.165) is 16.0 Å². The van der Waals surface area contributed by atoms with Crippen LogP contribution in [0.1, 0.15) is 18.4 Å². The van der Waals surface area contributed by atoms with Crippen molar-refractivity contribution in [2.24, 2.45) is 0 Å². The van der Waals surface area contributed by atoms with Crippen LogP contribution < -0.4 is 0 Å². The molecule has 1 nitrogen and oxygen atoms in total. The molecule has 0 N–H and O–H groups in total. The molecule has 1 aromatic rings. The van der Waals surface area contributed by atoms with Gasteiger partial charge >= 0.3 is 0 Å². The quantitative estimate of drug-likeness (QED) is 0.514. The molecule has 0 atom stereocenters. The molecule has 14 heavy (non-hydrogen) atoms. The topological polar surface area (TPSA) is 17.1 Å². The van der Waals surface area contributed by atoms with Crippen LogP contribution in [0.15, 0.2) is 35.9 Å². The van der Waals surface area contributed by atoms with E-state index in [1.54, 1.807) is 0 Å². The first-order valence-corrected chi connectivity index (χ1v) is 4.97. The standard InChI is InChI=1S/C12H10OS/c13-11-7-10(12(14)8-11)6-9-4-2-1-3-5-9/h1-6H,7-8H2/b10-6-. The number of ketones is 1. The van der Waals surface area contributed by atoms with Crippen LogP contribution in [0, 0.1) is 0 Å². The summed E-state index contributed by atoms with van der Waals surface area (Å²) in [5, 5.41) is 0. The summed E-state index contributed by atoms with van der Waals surface area (Å²) in [6.07, 6.45) is 2.97. The lowest BCUT2D eigenvalue weighted by Gasteiger charge is -1.96. The first-order valence-electron chi connectivity index (χ1n) is 4.56. The molecule has 1 saturated carbocycles. The van der Waals surface area contributed by atoms with Gasteiger partial charge in [-0.2, -0.15) is 0 Å². The van der Waals surface area contributed by atoms with Gasteiger partial charge in [0, 0.05) is 17.7 Å². The molecule has 0 amide bonds. The van der Waals surface area contributed by atoms with E-state index in [0.29, 0.717) is 12.8 Å². The highest BCUT2D eigenvalue weighted by Crippen LogP contribution is 2.21. The highest BCUT2D eigenvalue weighted by Gasteiger charge is 2.20. The third-order valence-corrected chi connectivity index (χ3v) is 2.65. The SMILES string of the molecule is O=C1CC(=S)/C(=C\c2ccccc2)C1. The van der Waals surface area contributed by atoms with E-state index < -0.39 is 0 Å². The molecule has 1 aliphatic rings. The first-order chi connectivity index (χ1) is 6.75. The monoisotopic (exact) mass is 202 g/mol.